The Morgan fingerprint density at radius 1 is 0.745 bits per heavy atom. The van der Waals surface area contributed by atoms with Gasteiger partial charge in [0.05, 0.1) is 44.7 Å². The van der Waals surface area contributed by atoms with Gasteiger partial charge in [-0.2, -0.15) is 5.26 Å². The van der Waals surface area contributed by atoms with E-state index in [4.69, 9.17) is 55.9 Å². The Bertz CT molecular complexity index is 2020. The summed E-state index contributed by atoms with van der Waals surface area (Å²) in [4.78, 5) is 25.2. The van der Waals surface area contributed by atoms with E-state index in [2.05, 4.69) is 37.2 Å². The van der Waals surface area contributed by atoms with Gasteiger partial charge in [0.2, 0.25) is 0 Å². The van der Waals surface area contributed by atoms with Crippen LogP contribution >= 0.6 is 62.3 Å². The molecule has 0 aromatic heterocycles. The monoisotopic (exact) mass is 831 g/mol. The highest BCUT2D eigenvalue weighted by Gasteiger charge is 2.22. The largest absolute Gasteiger partial charge is 0.493 e. The zero-order valence-electron chi connectivity index (χ0n) is 27.7. The summed E-state index contributed by atoms with van der Waals surface area (Å²) in [6.07, 6.45) is 1.63. The highest BCUT2D eigenvalue weighted by molar-refractivity contribution is 9.10. The number of ether oxygens (including phenoxy) is 2. The van der Waals surface area contributed by atoms with Crippen LogP contribution in [0.25, 0.3) is 0 Å². The fourth-order valence-electron chi connectivity index (χ4n) is 5.72. The van der Waals surface area contributed by atoms with E-state index in [1.54, 1.807) is 42.5 Å². The number of benzene rings is 4. The zero-order chi connectivity index (χ0) is 36.7. The van der Waals surface area contributed by atoms with E-state index >= 15 is 0 Å². The summed E-state index contributed by atoms with van der Waals surface area (Å²) in [6.45, 7) is 7.71. The zero-order valence-corrected chi connectivity index (χ0v) is 32.4. The second-order valence-electron chi connectivity index (χ2n) is 11.4. The topological polar surface area (TPSA) is 125 Å². The van der Waals surface area contributed by atoms with Gasteiger partial charge in [0.1, 0.15) is 17.6 Å². The quantitative estimate of drug-likeness (QED) is 0.140. The van der Waals surface area contributed by atoms with Gasteiger partial charge in [-0.25, -0.2) is 0 Å². The van der Waals surface area contributed by atoms with Crippen molar-refractivity contribution in [3.63, 3.8) is 0 Å². The van der Waals surface area contributed by atoms with Gasteiger partial charge in [-0.1, -0.05) is 46.4 Å². The summed E-state index contributed by atoms with van der Waals surface area (Å²) >= 11 is 29.1. The van der Waals surface area contributed by atoms with Crippen molar-refractivity contribution in [3.05, 3.63) is 112 Å². The number of hydrogen-bond acceptors (Lipinski definition) is 7. The minimum atomic E-state index is -0.369. The number of fused-ring (bicyclic) bond motifs is 2. The molecule has 0 atom stereocenters. The number of carbonyl (C=O) groups is 2. The molecule has 2 aliphatic rings. The summed E-state index contributed by atoms with van der Waals surface area (Å²) in [5.74, 6) is 0.518. The Hall–Kier alpha value is -3.53. The highest BCUT2D eigenvalue weighted by Crippen LogP contribution is 2.38. The third-order valence-electron chi connectivity index (χ3n) is 8.21. The van der Waals surface area contributed by atoms with E-state index in [0.29, 0.717) is 86.0 Å². The van der Waals surface area contributed by atoms with Gasteiger partial charge in [0.15, 0.2) is 0 Å². The Balaban J connectivity index is 0.000000198. The maximum atomic E-state index is 12.6. The first-order valence-electron chi connectivity index (χ1n) is 16.2. The van der Waals surface area contributed by atoms with Gasteiger partial charge < -0.3 is 30.7 Å². The lowest BCUT2D eigenvalue weighted by Gasteiger charge is -2.22. The molecular weight excluding hydrogens is 800 g/mol. The second-order valence-corrected chi connectivity index (χ2v) is 13.9. The molecule has 4 aromatic carbocycles. The number of rotatable bonds is 8. The first kappa shape index (κ1) is 38.7. The molecule has 0 spiro atoms. The molecule has 0 saturated heterocycles. The van der Waals surface area contributed by atoms with E-state index in [0.717, 1.165) is 52.7 Å². The van der Waals surface area contributed by atoms with E-state index in [1.165, 1.54) is 6.07 Å². The molecule has 51 heavy (non-hydrogen) atoms. The molecule has 0 bridgehead atoms. The van der Waals surface area contributed by atoms with Crippen molar-refractivity contribution in [2.45, 2.75) is 39.8 Å². The molecule has 2 amide bonds. The maximum Gasteiger partial charge on any atom is 0.255 e. The predicted molar refractivity (Wildman–Crippen MR) is 207 cm³/mol. The summed E-state index contributed by atoms with van der Waals surface area (Å²) < 4.78 is 11.6. The average Bonchev–Trinajstić information content (AvgIpc) is 3.14. The van der Waals surface area contributed by atoms with Crippen molar-refractivity contribution in [2.75, 3.05) is 36.9 Å². The van der Waals surface area contributed by atoms with Gasteiger partial charge in [-0.3, -0.25) is 9.59 Å². The van der Waals surface area contributed by atoms with Gasteiger partial charge in [-0.15, -0.1) is 0 Å². The molecule has 0 unspecified atom stereocenters. The average molecular weight is 834 g/mol. The number of hydrogen-bond donors (Lipinski definition) is 4. The number of nitriles is 1. The normalized spacial score (nSPS) is 13.1. The predicted octanol–water partition coefficient (Wildman–Crippen LogP) is 9.21. The number of nitrogens with one attached hydrogen (secondary N) is 4. The Morgan fingerprint density at radius 3 is 1.69 bits per heavy atom. The van der Waals surface area contributed by atoms with Crippen molar-refractivity contribution in [3.8, 4) is 17.6 Å². The van der Waals surface area contributed by atoms with Crippen LogP contribution in [0.3, 0.4) is 0 Å². The Labute approximate surface area is 325 Å². The summed E-state index contributed by atoms with van der Waals surface area (Å²) in [7, 11) is 0. The smallest absolute Gasteiger partial charge is 0.255 e. The maximum absolute atomic E-state index is 12.6. The first-order chi connectivity index (χ1) is 24.6. The molecule has 2 aliphatic heterocycles. The van der Waals surface area contributed by atoms with Crippen LogP contribution in [0, 0.1) is 11.3 Å². The summed E-state index contributed by atoms with van der Waals surface area (Å²) in [5.41, 5.74) is 6.03. The second kappa shape index (κ2) is 17.8. The van der Waals surface area contributed by atoms with Crippen LogP contribution in [0.5, 0.6) is 11.5 Å². The Morgan fingerprint density at radius 2 is 1.22 bits per heavy atom. The third-order valence-corrected chi connectivity index (χ3v) is 10.4. The molecule has 4 N–H and O–H groups in total. The molecule has 0 fully saturated rings. The fourth-order valence-corrected chi connectivity index (χ4v) is 7.41. The molecule has 266 valence electrons. The van der Waals surface area contributed by atoms with E-state index in [9.17, 15) is 14.9 Å². The fraction of sp³-hybridized carbons (Fsp3) is 0.270. The molecule has 6 rings (SSSR count). The molecule has 2 heterocycles. The lowest BCUT2D eigenvalue weighted by atomic mass is 10.00. The van der Waals surface area contributed by atoms with Gasteiger partial charge in [0, 0.05) is 34.3 Å². The molecule has 0 saturated carbocycles. The lowest BCUT2D eigenvalue weighted by Crippen LogP contribution is -2.25. The first-order valence-corrected chi connectivity index (χ1v) is 18.5. The van der Waals surface area contributed by atoms with Crippen LogP contribution in [-0.4, -0.2) is 38.1 Å². The summed E-state index contributed by atoms with van der Waals surface area (Å²) in [5, 5.41) is 23.6. The third kappa shape index (κ3) is 9.10. The van der Waals surface area contributed by atoms with Crippen molar-refractivity contribution in [2.24, 2.45) is 0 Å². The number of anilines is 2. The molecule has 0 radical (unpaired) electrons. The lowest BCUT2D eigenvalue weighted by molar-refractivity contribution is 0.101. The van der Waals surface area contributed by atoms with Gasteiger partial charge in [-0.05, 0) is 126 Å². The summed E-state index contributed by atoms with van der Waals surface area (Å²) in [6, 6.07) is 15.3. The molecule has 14 heteroatoms. The number of nitrogens with zero attached hydrogens (tertiary/aromatic N) is 1. The van der Waals surface area contributed by atoms with Crippen molar-refractivity contribution >= 4 is 85.5 Å². The number of halogens is 5. The highest BCUT2D eigenvalue weighted by atomic mass is 79.9. The molecule has 0 aliphatic carbocycles. The van der Waals surface area contributed by atoms with Crippen LogP contribution in [-0.2, 0) is 25.9 Å². The van der Waals surface area contributed by atoms with E-state index in [-0.39, 0.29) is 11.8 Å². The molecular formula is C37H34BrCl4N5O4. The molecule has 9 nitrogen and oxygen atoms in total. The minimum Gasteiger partial charge on any atom is -0.493 e. The number of amides is 2. The van der Waals surface area contributed by atoms with Crippen molar-refractivity contribution < 1.29 is 19.1 Å². The van der Waals surface area contributed by atoms with Crippen LogP contribution < -0.4 is 30.7 Å². The van der Waals surface area contributed by atoms with Crippen LogP contribution in [0.15, 0.2) is 53.0 Å². The molecule has 4 aromatic rings. The van der Waals surface area contributed by atoms with Gasteiger partial charge >= 0.3 is 0 Å². The van der Waals surface area contributed by atoms with Crippen LogP contribution in [0.1, 0.15) is 62.4 Å². The minimum absolute atomic E-state index is 0.259. The number of carbonyl (C=O) groups excluding carboxylic acids is 2. The van der Waals surface area contributed by atoms with E-state index < -0.39 is 0 Å². The standard InChI is InChI=1S/C19H17Cl2N3O2.C18H17BrCl2N2O2/c1-2-26-17-4-3-11(7-12(17)9-22)19(25)24-16-8-15(20)13-5-6-23-10-14(13)18(16)21;1-2-25-16-4-3-10(7-13(16)19)18(24)23-15-8-14(20)11-5-6-22-9-12(11)17(15)21/h3-4,7-8,23H,2,5-6,10H2,1H3,(H,24,25);3-4,7-8,22H,2,5-6,9H2,1H3,(H,23,24). The van der Waals surface area contributed by atoms with Crippen LogP contribution in [0.2, 0.25) is 20.1 Å². The Kier molecular flexibility index (Phi) is 13.5. The van der Waals surface area contributed by atoms with Gasteiger partial charge in [0.25, 0.3) is 11.8 Å². The SMILES string of the molecule is CCOc1ccc(C(=O)Nc2cc(Cl)c3c(c2Cl)CNCC3)cc1Br.CCOc1ccc(C(=O)Nc2cc(Cl)c3c(c2Cl)CNCC3)cc1C#N. The van der Waals surface area contributed by atoms with Crippen LogP contribution in [0.4, 0.5) is 11.4 Å². The van der Waals surface area contributed by atoms with E-state index in [1.807, 2.05) is 19.9 Å². The van der Waals surface area contributed by atoms with Crippen molar-refractivity contribution in [1.29, 1.82) is 5.26 Å². The van der Waals surface area contributed by atoms with Crippen molar-refractivity contribution in [1.82, 2.24) is 10.6 Å².